The van der Waals surface area contributed by atoms with Crippen molar-refractivity contribution in [1.29, 1.82) is 0 Å². The fourth-order valence-electron chi connectivity index (χ4n) is 2.60. The second-order valence-electron chi connectivity index (χ2n) is 5.46. The molecule has 0 aliphatic rings. The van der Waals surface area contributed by atoms with Crippen LogP contribution in [0.25, 0.3) is 0 Å². The second-order valence-corrected chi connectivity index (χ2v) is 6.68. The van der Waals surface area contributed by atoms with Gasteiger partial charge in [-0.1, -0.05) is 6.92 Å². The number of esters is 1. The summed E-state index contributed by atoms with van der Waals surface area (Å²) in [5.41, 5.74) is 1.28. The van der Waals surface area contributed by atoms with Crippen molar-refractivity contribution in [3.63, 3.8) is 0 Å². The van der Waals surface area contributed by atoms with E-state index in [9.17, 15) is 14.4 Å². The lowest BCUT2D eigenvalue weighted by Gasteiger charge is -2.08. The van der Waals surface area contributed by atoms with Gasteiger partial charge in [-0.3, -0.25) is 9.48 Å². The van der Waals surface area contributed by atoms with Crippen LogP contribution < -0.4 is 5.32 Å². The number of amides is 1. The number of rotatable bonds is 8. The minimum Gasteiger partial charge on any atom is -0.477 e. The van der Waals surface area contributed by atoms with E-state index in [2.05, 4.69) is 10.4 Å². The van der Waals surface area contributed by atoms with Gasteiger partial charge in [-0.2, -0.15) is 5.10 Å². The van der Waals surface area contributed by atoms with Gasteiger partial charge in [0.2, 0.25) is 5.91 Å². The zero-order chi connectivity index (χ0) is 19.3. The number of carbonyl (C=O) groups excluding carboxylic acids is 2. The number of anilines is 1. The minimum absolute atomic E-state index is 0.0187. The summed E-state index contributed by atoms with van der Waals surface area (Å²) in [5.74, 6) is -1.88. The Morgan fingerprint density at radius 3 is 2.69 bits per heavy atom. The number of aromatic carboxylic acids is 1. The molecule has 140 valence electrons. The zero-order valence-electron chi connectivity index (χ0n) is 14.9. The largest absolute Gasteiger partial charge is 0.477 e. The number of nitrogens with zero attached hydrogens (tertiary/aromatic N) is 2. The smallest absolute Gasteiger partial charge is 0.354 e. The fourth-order valence-corrected chi connectivity index (χ4v) is 3.75. The molecule has 2 N–H and O–H groups in total. The van der Waals surface area contributed by atoms with Gasteiger partial charge in [0.1, 0.15) is 10.7 Å². The van der Waals surface area contributed by atoms with Crippen molar-refractivity contribution in [3.05, 3.63) is 34.0 Å². The normalized spacial score (nSPS) is 10.6. The number of ether oxygens (including phenoxy) is 1. The van der Waals surface area contributed by atoms with E-state index in [1.165, 1.54) is 28.3 Å². The maximum absolute atomic E-state index is 12.3. The molecule has 0 aromatic carbocycles. The molecule has 8 nitrogen and oxygen atoms in total. The lowest BCUT2D eigenvalue weighted by Crippen LogP contribution is -2.18. The Kier molecular flexibility index (Phi) is 6.51. The maximum atomic E-state index is 12.3. The summed E-state index contributed by atoms with van der Waals surface area (Å²) in [4.78, 5) is 36.6. The summed E-state index contributed by atoms with van der Waals surface area (Å²) >= 11 is 1.33. The molecular weight excluding hydrogens is 358 g/mol. The van der Waals surface area contributed by atoms with Gasteiger partial charge in [0.25, 0.3) is 0 Å². The van der Waals surface area contributed by atoms with Gasteiger partial charge in [-0.05, 0) is 31.9 Å². The topological polar surface area (TPSA) is 111 Å². The Labute approximate surface area is 154 Å². The summed E-state index contributed by atoms with van der Waals surface area (Å²) in [6.07, 6.45) is 2.06. The predicted molar refractivity (Wildman–Crippen MR) is 96.8 cm³/mol. The minimum atomic E-state index is -1.10. The van der Waals surface area contributed by atoms with Crippen molar-refractivity contribution in [3.8, 4) is 0 Å². The highest BCUT2D eigenvalue weighted by Crippen LogP contribution is 2.34. The zero-order valence-corrected chi connectivity index (χ0v) is 15.7. The molecule has 2 rings (SSSR count). The van der Waals surface area contributed by atoms with Crippen molar-refractivity contribution in [1.82, 2.24) is 9.78 Å². The van der Waals surface area contributed by atoms with Crippen molar-refractivity contribution in [2.45, 2.75) is 40.2 Å². The average Bonchev–Trinajstić information content (AvgIpc) is 3.17. The Hall–Kier alpha value is -2.68. The number of aryl methyl sites for hydroxylation is 2. The molecule has 1 amide bonds. The molecule has 0 bridgehead atoms. The molecule has 2 aromatic rings. The molecule has 2 aromatic heterocycles. The third-order valence-electron chi connectivity index (χ3n) is 3.78. The van der Waals surface area contributed by atoms with Gasteiger partial charge in [-0.25, -0.2) is 9.59 Å². The molecule has 0 spiro atoms. The summed E-state index contributed by atoms with van der Waals surface area (Å²) in [7, 11) is 0. The number of hydrogen-bond donors (Lipinski definition) is 2. The predicted octanol–water partition coefficient (Wildman–Crippen LogP) is 2.72. The fraction of sp³-hybridized carbons (Fsp3) is 0.412. The van der Waals surface area contributed by atoms with E-state index in [4.69, 9.17) is 9.84 Å². The number of carboxylic acids is 1. The maximum Gasteiger partial charge on any atom is 0.354 e. The third-order valence-corrected chi connectivity index (χ3v) is 4.84. The number of hydrogen-bond acceptors (Lipinski definition) is 6. The van der Waals surface area contributed by atoms with E-state index in [1.807, 2.05) is 13.8 Å². The first-order valence-electron chi connectivity index (χ1n) is 8.23. The molecule has 0 radical (unpaired) electrons. The van der Waals surface area contributed by atoms with Gasteiger partial charge in [-0.15, -0.1) is 11.3 Å². The number of aromatic nitrogens is 2. The molecule has 0 fully saturated rings. The molecule has 0 atom stereocenters. The summed E-state index contributed by atoms with van der Waals surface area (Å²) in [6, 6.07) is 1.37. The Balaban J connectivity index is 2.12. The van der Waals surface area contributed by atoms with Crippen LogP contribution in [0.5, 0.6) is 0 Å². The highest BCUT2D eigenvalue weighted by atomic mass is 32.1. The first-order chi connectivity index (χ1) is 12.4. The van der Waals surface area contributed by atoms with E-state index in [0.717, 1.165) is 10.4 Å². The molecule has 0 saturated carbocycles. The van der Waals surface area contributed by atoms with Crippen LogP contribution in [0.15, 0.2) is 12.3 Å². The number of nitrogens with one attached hydrogen (secondary N) is 1. The van der Waals surface area contributed by atoms with Crippen molar-refractivity contribution in [2.75, 3.05) is 11.9 Å². The number of carbonyl (C=O) groups is 3. The molecule has 2 heterocycles. The highest BCUT2D eigenvalue weighted by Gasteiger charge is 2.23. The molecule has 0 saturated heterocycles. The Bertz CT molecular complexity index is 824. The quantitative estimate of drug-likeness (QED) is 0.682. The summed E-state index contributed by atoms with van der Waals surface area (Å²) in [5, 5.41) is 16.2. The van der Waals surface area contributed by atoms with Crippen LogP contribution in [0.2, 0.25) is 0 Å². The number of carboxylic acid groups (broad SMARTS) is 1. The first-order valence-corrected chi connectivity index (χ1v) is 9.04. The van der Waals surface area contributed by atoms with Crippen molar-refractivity contribution in [2.24, 2.45) is 0 Å². The van der Waals surface area contributed by atoms with Gasteiger partial charge in [0, 0.05) is 17.5 Å². The molecule has 9 heteroatoms. The monoisotopic (exact) mass is 379 g/mol. The van der Waals surface area contributed by atoms with Crippen LogP contribution in [-0.4, -0.2) is 39.3 Å². The van der Waals surface area contributed by atoms with Crippen LogP contribution in [0.3, 0.4) is 0 Å². The SMILES string of the molecule is CCOC(=O)c1c(NC(=O)CCn2nccc2C(=O)O)sc(C)c1CC. The van der Waals surface area contributed by atoms with Crippen LogP contribution >= 0.6 is 11.3 Å². The van der Waals surface area contributed by atoms with E-state index >= 15 is 0 Å². The van der Waals surface area contributed by atoms with Gasteiger partial charge >= 0.3 is 11.9 Å². The Morgan fingerprint density at radius 2 is 2.08 bits per heavy atom. The Morgan fingerprint density at radius 1 is 1.35 bits per heavy atom. The van der Waals surface area contributed by atoms with Crippen LogP contribution in [0.4, 0.5) is 5.00 Å². The average molecular weight is 379 g/mol. The van der Waals surface area contributed by atoms with Gasteiger partial charge in [0.15, 0.2) is 0 Å². The lowest BCUT2D eigenvalue weighted by atomic mass is 10.1. The summed E-state index contributed by atoms with van der Waals surface area (Å²) in [6.45, 7) is 5.94. The van der Waals surface area contributed by atoms with Crippen molar-refractivity contribution >= 4 is 34.2 Å². The van der Waals surface area contributed by atoms with E-state index in [-0.39, 0.29) is 31.2 Å². The molecule has 0 unspecified atom stereocenters. The van der Waals surface area contributed by atoms with E-state index in [0.29, 0.717) is 17.0 Å². The second kappa shape index (κ2) is 8.61. The molecule has 0 aliphatic heterocycles. The van der Waals surface area contributed by atoms with Crippen LogP contribution in [-0.2, 0) is 22.5 Å². The summed E-state index contributed by atoms with van der Waals surface area (Å²) < 4.78 is 6.36. The van der Waals surface area contributed by atoms with E-state index in [1.54, 1.807) is 6.92 Å². The number of thiophene rings is 1. The molecule has 0 aliphatic carbocycles. The molecule has 26 heavy (non-hydrogen) atoms. The van der Waals surface area contributed by atoms with Gasteiger partial charge in [0.05, 0.1) is 18.7 Å². The lowest BCUT2D eigenvalue weighted by molar-refractivity contribution is -0.116. The third kappa shape index (κ3) is 4.29. The van der Waals surface area contributed by atoms with Crippen LogP contribution in [0.1, 0.15) is 51.6 Å². The molecular formula is C17H21N3O5S. The van der Waals surface area contributed by atoms with Gasteiger partial charge < -0.3 is 15.2 Å². The van der Waals surface area contributed by atoms with Crippen molar-refractivity contribution < 1.29 is 24.2 Å². The van der Waals surface area contributed by atoms with Crippen LogP contribution in [0, 0.1) is 6.92 Å². The highest BCUT2D eigenvalue weighted by molar-refractivity contribution is 7.16. The standard InChI is InChI=1S/C17H21N3O5S/c1-4-11-10(3)26-15(14(11)17(24)25-5-2)19-13(21)7-9-20-12(16(22)23)6-8-18-20/h6,8H,4-5,7,9H2,1-3H3,(H,19,21)(H,22,23). The first kappa shape index (κ1) is 19.6. The van der Waals surface area contributed by atoms with E-state index < -0.39 is 11.9 Å².